The summed E-state index contributed by atoms with van der Waals surface area (Å²) < 4.78 is 23.2. The Hall–Kier alpha value is -1.97. The predicted octanol–water partition coefficient (Wildman–Crippen LogP) is 1.83. The van der Waals surface area contributed by atoms with Crippen molar-refractivity contribution in [2.45, 2.75) is 42.7 Å². The fourth-order valence-corrected chi connectivity index (χ4v) is 5.12. The second-order valence-corrected chi connectivity index (χ2v) is 8.99. The molecule has 3 aliphatic rings. The van der Waals surface area contributed by atoms with E-state index in [0.717, 1.165) is 45.9 Å². The first kappa shape index (κ1) is 20.9. The molecule has 166 valence electrons. The van der Waals surface area contributed by atoms with Gasteiger partial charge in [-0.05, 0) is 52.8 Å². The van der Waals surface area contributed by atoms with E-state index in [0.29, 0.717) is 26.2 Å². The lowest BCUT2D eigenvalue weighted by Crippen LogP contribution is -2.52. The number of ether oxygens (including phenoxy) is 4. The third-order valence-corrected chi connectivity index (χ3v) is 6.87. The van der Waals surface area contributed by atoms with Gasteiger partial charge >= 0.3 is 0 Å². The summed E-state index contributed by atoms with van der Waals surface area (Å²) in [5.41, 5.74) is 3.26. The molecular formula is C23H26O7S. The van der Waals surface area contributed by atoms with E-state index in [-0.39, 0.29) is 0 Å². The van der Waals surface area contributed by atoms with Gasteiger partial charge in [0.05, 0.1) is 6.61 Å². The molecule has 1 saturated heterocycles. The minimum absolute atomic E-state index is 0.534. The molecule has 0 radical (unpaired) electrons. The molecule has 0 spiro atoms. The summed E-state index contributed by atoms with van der Waals surface area (Å²) in [6, 6.07) is 9.86. The zero-order chi connectivity index (χ0) is 21.5. The predicted molar refractivity (Wildman–Crippen MR) is 115 cm³/mol. The number of hydrogen-bond acceptors (Lipinski definition) is 8. The molecule has 2 aromatic carbocycles. The summed E-state index contributed by atoms with van der Waals surface area (Å²) in [6.07, 6.45) is -1.18. The summed E-state index contributed by atoms with van der Waals surface area (Å²) in [6.45, 7) is 1.69. The zero-order valence-electron chi connectivity index (χ0n) is 17.2. The number of rotatable bonds is 4. The lowest BCUT2D eigenvalue weighted by Gasteiger charge is -2.40. The number of fused-ring (bicyclic) bond motifs is 2. The molecule has 3 aliphatic heterocycles. The summed E-state index contributed by atoms with van der Waals surface area (Å²) >= 11 is 1.31. The Bertz CT molecular complexity index is 963. The SMILES string of the molecule is CS[C@H]1O[C@@H](c2cc3c(c(Cc4ccc5c(c4)OCCO5)c2)OCC3)[C@H](O)[C@@H](O)[C@@H]1O. The maximum absolute atomic E-state index is 10.6. The standard InChI is InChI=1S/C23H26O7S/c1-31-23-20(26)18(24)19(25)22(30-23)15-10-13-4-5-29-21(13)14(11-15)8-12-2-3-16-17(9-12)28-7-6-27-16/h2-3,9-11,18-20,22-26H,4-8H2,1H3/t18-,19-,20+,22+,23-/m1/s1. The van der Waals surface area contributed by atoms with Crippen LogP contribution in [0.4, 0.5) is 0 Å². The Labute approximate surface area is 184 Å². The number of hydrogen-bond donors (Lipinski definition) is 3. The molecule has 0 amide bonds. The smallest absolute Gasteiger partial charge is 0.161 e. The number of aliphatic hydroxyl groups is 3. The molecule has 8 heteroatoms. The van der Waals surface area contributed by atoms with E-state index in [1.54, 1.807) is 6.26 Å². The van der Waals surface area contributed by atoms with Crippen LogP contribution in [0.5, 0.6) is 17.2 Å². The maximum atomic E-state index is 10.6. The summed E-state index contributed by atoms with van der Waals surface area (Å²) in [7, 11) is 0. The highest BCUT2D eigenvalue weighted by Crippen LogP contribution is 2.41. The summed E-state index contributed by atoms with van der Waals surface area (Å²) in [5, 5.41) is 31.2. The average Bonchev–Trinajstić information content (AvgIpc) is 3.27. The van der Waals surface area contributed by atoms with Crippen molar-refractivity contribution in [3.63, 3.8) is 0 Å². The highest BCUT2D eigenvalue weighted by molar-refractivity contribution is 7.99. The fraction of sp³-hybridized carbons (Fsp3) is 0.478. The van der Waals surface area contributed by atoms with Gasteiger partial charge in [0, 0.05) is 12.8 Å². The second-order valence-electron chi connectivity index (χ2n) is 8.05. The quantitative estimate of drug-likeness (QED) is 0.655. The Morgan fingerprint density at radius 3 is 2.52 bits per heavy atom. The fourth-order valence-electron chi connectivity index (χ4n) is 4.45. The lowest BCUT2D eigenvalue weighted by molar-refractivity contribution is -0.200. The summed E-state index contributed by atoms with van der Waals surface area (Å²) in [5.74, 6) is 2.36. The van der Waals surface area contributed by atoms with E-state index in [1.807, 2.05) is 30.3 Å². The third kappa shape index (κ3) is 3.87. The van der Waals surface area contributed by atoms with Crippen LogP contribution in [0.15, 0.2) is 30.3 Å². The molecule has 31 heavy (non-hydrogen) atoms. The van der Waals surface area contributed by atoms with Crippen molar-refractivity contribution in [2.24, 2.45) is 0 Å². The van der Waals surface area contributed by atoms with Crippen molar-refractivity contribution in [3.05, 3.63) is 52.6 Å². The zero-order valence-corrected chi connectivity index (χ0v) is 18.0. The Morgan fingerprint density at radius 2 is 1.71 bits per heavy atom. The minimum Gasteiger partial charge on any atom is -0.493 e. The van der Waals surface area contributed by atoms with E-state index in [2.05, 4.69) is 0 Å². The van der Waals surface area contributed by atoms with Crippen molar-refractivity contribution in [3.8, 4) is 17.2 Å². The van der Waals surface area contributed by atoms with Gasteiger partial charge in [-0.2, -0.15) is 0 Å². The van der Waals surface area contributed by atoms with Crippen molar-refractivity contribution in [1.29, 1.82) is 0 Å². The van der Waals surface area contributed by atoms with Gasteiger partial charge in [-0.3, -0.25) is 0 Å². The highest BCUT2D eigenvalue weighted by Gasteiger charge is 2.44. The van der Waals surface area contributed by atoms with Crippen LogP contribution in [-0.4, -0.2) is 65.1 Å². The number of aliphatic hydroxyl groups excluding tert-OH is 3. The van der Waals surface area contributed by atoms with Crippen LogP contribution in [-0.2, 0) is 17.6 Å². The molecule has 3 N–H and O–H groups in total. The molecule has 7 nitrogen and oxygen atoms in total. The van der Waals surface area contributed by atoms with Crippen molar-refractivity contribution in [2.75, 3.05) is 26.1 Å². The normalized spacial score (nSPS) is 29.4. The van der Waals surface area contributed by atoms with E-state index in [4.69, 9.17) is 18.9 Å². The van der Waals surface area contributed by atoms with Gasteiger partial charge in [-0.25, -0.2) is 0 Å². The molecule has 0 saturated carbocycles. The van der Waals surface area contributed by atoms with Crippen LogP contribution >= 0.6 is 11.8 Å². The minimum atomic E-state index is -1.28. The van der Waals surface area contributed by atoms with Gasteiger partial charge in [0.25, 0.3) is 0 Å². The Balaban J connectivity index is 1.48. The van der Waals surface area contributed by atoms with Crippen LogP contribution in [0.1, 0.15) is 28.4 Å². The highest BCUT2D eigenvalue weighted by atomic mass is 32.2. The number of benzene rings is 2. The van der Waals surface area contributed by atoms with Crippen molar-refractivity contribution in [1.82, 2.24) is 0 Å². The van der Waals surface area contributed by atoms with Gasteiger partial charge in [0.2, 0.25) is 0 Å². The Kier molecular flexibility index (Phi) is 5.75. The maximum Gasteiger partial charge on any atom is 0.161 e. The molecule has 3 heterocycles. The second kappa shape index (κ2) is 8.52. The molecule has 5 rings (SSSR count). The van der Waals surface area contributed by atoms with E-state index in [1.165, 1.54) is 11.8 Å². The van der Waals surface area contributed by atoms with Gasteiger partial charge < -0.3 is 34.3 Å². The van der Waals surface area contributed by atoms with Gasteiger partial charge in [-0.1, -0.05) is 6.07 Å². The van der Waals surface area contributed by atoms with Crippen molar-refractivity contribution < 1.29 is 34.3 Å². The van der Waals surface area contributed by atoms with E-state index in [9.17, 15) is 15.3 Å². The molecule has 0 aliphatic carbocycles. The van der Waals surface area contributed by atoms with E-state index < -0.39 is 29.9 Å². The molecule has 0 unspecified atom stereocenters. The summed E-state index contributed by atoms with van der Waals surface area (Å²) in [4.78, 5) is 0. The largest absolute Gasteiger partial charge is 0.493 e. The van der Waals surface area contributed by atoms with Crippen LogP contribution < -0.4 is 14.2 Å². The van der Waals surface area contributed by atoms with Crippen LogP contribution in [0.3, 0.4) is 0 Å². The van der Waals surface area contributed by atoms with Crippen molar-refractivity contribution >= 4 is 11.8 Å². The lowest BCUT2D eigenvalue weighted by atomic mass is 9.90. The third-order valence-electron chi connectivity index (χ3n) is 6.01. The topological polar surface area (TPSA) is 97.6 Å². The molecule has 5 atom stereocenters. The molecule has 0 aromatic heterocycles. The molecule has 1 fully saturated rings. The first-order valence-corrected chi connectivity index (χ1v) is 11.7. The molecule has 0 bridgehead atoms. The molecule has 2 aromatic rings. The van der Waals surface area contributed by atoms with E-state index >= 15 is 0 Å². The first-order valence-electron chi connectivity index (χ1n) is 10.4. The van der Waals surface area contributed by atoms with Gasteiger partial charge in [0.15, 0.2) is 11.5 Å². The van der Waals surface area contributed by atoms with Crippen LogP contribution in [0, 0.1) is 0 Å². The first-order chi connectivity index (χ1) is 15.0. The average molecular weight is 447 g/mol. The van der Waals surface area contributed by atoms with Crippen LogP contribution in [0.2, 0.25) is 0 Å². The monoisotopic (exact) mass is 446 g/mol. The Morgan fingerprint density at radius 1 is 0.903 bits per heavy atom. The number of thioether (sulfide) groups is 1. The van der Waals surface area contributed by atoms with Gasteiger partial charge in [-0.15, -0.1) is 11.8 Å². The molecular weight excluding hydrogens is 420 g/mol. The van der Waals surface area contributed by atoms with Gasteiger partial charge in [0.1, 0.15) is 48.8 Å². The van der Waals surface area contributed by atoms with Crippen LogP contribution in [0.25, 0.3) is 0 Å².